The first-order valence-corrected chi connectivity index (χ1v) is 6.66. The molecule has 0 aliphatic heterocycles. The summed E-state index contributed by atoms with van der Waals surface area (Å²) in [5, 5.41) is 11.4. The van der Waals surface area contributed by atoms with E-state index in [-0.39, 0.29) is 17.9 Å². The van der Waals surface area contributed by atoms with Crippen molar-refractivity contribution < 1.29 is 32.6 Å². The number of hydrogen-bond donors (Lipinski definition) is 2. The lowest BCUT2D eigenvalue weighted by molar-refractivity contribution is -0.146. The number of alkyl halides is 2. The van der Waals surface area contributed by atoms with Crippen LogP contribution in [0.15, 0.2) is 10.7 Å². The van der Waals surface area contributed by atoms with Gasteiger partial charge in [-0.25, -0.2) is 8.78 Å². The van der Waals surface area contributed by atoms with Crippen molar-refractivity contribution in [3.05, 3.63) is 23.2 Å². The van der Waals surface area contributed by atoms with Crippen LogP contribution in [-0.4, -0.2) is 42.2 Å². The Hall–Kier alpha value is -1.96. The lowest BCUT2D eigenvalue weighted by Gasteiger charge is -2.47. The summed E-state index contributed by atoms with van der Waals surface area (Å²) in [6, 6.07) is 0. The maximum atomic E-state index is 13.2. The molecular formula is C14H17F2NO5. The molecule has 0 radical (unpaired) electrons. The third kappa shape index (κ3) is 3.27. The fourth-order valence-electron chi connectivity index (χ4n) is 2.81. The average molecular weight is 317 g/mol. The zero-order valence-electron chi connectivity index (χ0n) is 12.2. The fraction of sp³-hybridized carbons (Fsp3) is 0.571. The second-order valence-corrected chi connectivity index (χ2v) is 5.66. The Morgan fingerprint density at radius 2 is 2.09 bits per heavy atom. The normalized spacial score (nSPS) is 18.5. The molecule has 0 aromatic carbocycles. The van der Waals surface area contributed by atoms with Gasteiger partial charge >= 0.3 is 5.97 Å². The van der Waals surface area contributed by atoms with Gasteiger partial charge in [0.05, 0.1) is 24.0 Å². The summed E-state index contributed by atoms with van der Waals surface area (Å²) in [5.74, 6) is -4.61. The van der Waals surface area contributed by atoms with E-state index in [1.807, 2.05) is 0 Å². The third-order valence-corrected chi connectivity index (χ3v) is 3.58. The van der Waals surface area contributed by atoms with Crippen LogP contribution in [0.25, 0.3) is 0 Å². The summed E-state index contributed by atoms with van der Waals surface area (Å²) in [5.41, 5.74) is -0.611. The number of furan rings is 1. The van der Waals surface area contributed by atoms with E-state index in [0.29, 0.717) is 5.56 Å². The number of aryl methyl sites for hydroxylation is 1. The van der Waals surface area contributed by atoms with E-state index in [4.69, 9.17) is 14.3 Å². The highest BCUT2D eigenvalue weighted by molar-refractivity contribution is 5.98. The van der Waals surface area contributed by atoms with Gasteiger partial charge in [-0.3, -0.25) is 9.59 Å². The molecule has 22 heavy (non-hydrogen) atoms. The summed E-state index contributed by atoms with van der Waals surface area (Å²) < 4.78 is 36.3. The lowest BCUT2D eigenvalue weighted by Crippen LogP contribution is -2.64. The molecule has 122 valence electrons. The van der Waals surface area contributed by atoms with Crippen LogP contribution in [0.4, 0.5) is 8.78 Å². The van der Waals surface area contributed by atoms with Gasteiger partial charge in [-0.05, 0) is 6.92 Å². The highest BCUT2D eigenvalue weighted by Gasteiger charge is 2.57. The van der Waals surface area contributed by atoms with Gasteiger partial charge < -0.3 is 19.6 Å². The van der Waals surface area contributed by atoms with Crippen molar-refractivity contribution in [3.63, 3.8) is 0 Å². The molecule has 1 aromatic rings. The molecule has 2 N–H and O–H groups in total. The van der Waals surface area contributed by atoms with Crippen LogP contribution in [0.3, 0.4) is 0 Å². The van der Waals surface area contributed by atoms with Crippen molar-refractivity contribution in [2.45, 2.75) is 37.6 Å². The SMILES string of the molecule is COCC1(NC(=O)c2c(C)coc2CC(=O)O)CC(F)(F)C1. The summed E-state index contributed by atoms with van der Waals surface area (Å²) >= 11 is 0. The molecule has 6 nitrogen and oxygen atoms in total. The molecule has 0 unspecified atom stereocenters. The Kier molecular flexibility index (Phi) is 4.23. The van der Waals surface area contributed by atoms with E-state index in [9.17, 15) is 18.4 Å². The molecule has 1 aliphatic carbocycles. The number of aliphatic carboxylic acids is 1. The van der Waals surface area contributed by atoms with Gasteiger partial charge in [-0.15, -0.1) is 0 Å². The summed E-state index contributed by atoms with van der Waals surface area (Å²) in [4.78, 5) is 23.1. The number of nitrogens with one attached hydrogen (secondary N) is 1. The van der Waals surface area contributed by atoms with Gasteiger partial charge in [0, 0.05) is 25.5 Å². The van der Waals surface area contributed by atoms with Crippen LogP contribution in [0.2, 0.25) is 0 Å². The van der Waals surface area contributed by atoms with Gasteiger partial charge in [0.15, 0.2) is 0 Å². The molecule has 1 aliphatic rings. The number of amides is 1. The molecule has 0 bridgehead atoms. The topological polar surface area (TPSA) is 88.8 Å². The Balaban J connectivity index is 2.18. The smallest absolute Gasteiger partial charge is 0.311 e. The molecular weight excluding hydrogens is 300 g/mol. The second-order valence-electron chi connectivity index (χ2n) is 5.66. The molecule has 8 heteroatoms. The minimum absolute atomic E-state index is 0.00107. The highest BCUT2D eigenvalue weighted by atomic mass is 19.3. The van der Waals surface area contributed by atoms with Gasteiger partial charge in [0.25, 0.3) is 11.8 Å². The lowest BCUT2D eigenvalue weighted by atomic mass is 9.73. The van der Waals surface area contributed by atoms with Crippen molar-refractivity contribution in [2.75, 3.05) is 13.7 Å². The zero-order valence-corrected chi connectivity index (χ0v) is 12.2. The van der Waals surface area contributed by atoms with Gasteiger partial charge in [-0.2, -0.15) is 0 Å². The third-order valence-electron chi connectivity index (χ3n) is 3.58. The van der Waals surface area contributed by atoms with E-state index in [1.54, 1.807) is 6.92 Å². The van der Waals surface area contributed by atoms with E-state index >= 15 is 0 Å². The predicted molar refractivity (Wildman–Crippen MR) is 71.0 cm³/mol. The number of carbonyl (C=O) groups excluding carboxylic acids is 1. The van der Waals surface area contributed by atoms with Crippen molar-refractivity contribution in [1.82, 2.24) is 5.32 Å². The molecule has 0 atom stereocenters. The first-order valence-electron chi connectivity index (χ1n) is 6.66. The highest BCUT2D eigenvalue weighted by Crippen LogP contribution is 2.45. The number of carboxylic acid groups (broad SMARTS) is 1. The standard InChI is InChI=1S/C14H17F2NO5/c1-8-4-22-9(3-10(18)19)11(8)12(20)17-13(7-21-2)5-14(15,16)6-13/h4H,3,5-7H2,1-2H3,(H,17,20)(H,18,19). The number of carbonyl (C=O) groups is 2. The van der Waals surface area contributed by atoms with Crippen molar-refractivity contribution >= 4 is 11.9 Å². The van der Waals surface area contributed by atoms with Crippen LogP contribution < -0.4 is 5.32 Å². The van der Waals surface area contributed by atoms with Gasteiger partial charge in [0.2, 0.25) is 0 Å². The first kappa shape index (κ1) is 16.4. The molecule has 2 rings (SSSR count). The Morgan fingerprint density at radius 1 is 1.45 bits per heavy atom. The Morgan fingerprint density at radius 3 is 2.59 bits per heavy atom. The Labute approximate surface area is 125 Å². The molecule has 1 saturated carbocycles. The number of hydrogen-bond acceptors (Lipinski definition) is 4. The summed E-state index contributed by atoms with van der Waals surface area (Å²) in [6.45, 7) is 1.54. The second kappa shape index (κ2) is 5.68. The van der Waals surface area contributed by atoms with Crippen LogP contribution in [-0.2, 0) is 16.0 Å². The fourth-order valence-corrected chi connectivity index (χ4v) is 2.81. The van der Waals surface area contributed by atoms with Gasteiger partial charge in [0.1, 0.15) is 12.2 Å². The van der Waals surface area contributed by atoms with E-state index < -0.39 is 42.6 Å². The van der Waals surface area contributed by atoms with Crippen molar-refractivity contribution in [2.24, 2.45) is 0 Å². The maximum absolute atomic E-state index is 13.2. The zero-order chi connectivity index (χ0) is 16.5. The Bertz CT molecular complexity index is 588. The monoisotopic (exact) mass is 317 g/mol. The van der Waals surface area contributed by atoms with Crippen LogP contribution >= 0.6 is 0 Å². The molecule has 1 heterocycles. The quantitative estimate of drug-likeness (QED) is 0.834. The average Bonchev–Trinajstić information content (AvgIpc) is 2.67. The first-order chi connectivity index (χ1) is 10.2. The molecule has 1 amide bonds. The van der Waals surface area contributed by atoms with Crippen molar-refractivity contribution in [3.8, 4) is 0 Å². The minimum atomic E-state index is -2.83. The number of ether oxygens (including phenoxy) is 1. The number of methoxy groups -OCH3 is 1. The van der Waals surface area contributed by atoms with E-state index in [0.717, 1.165) is 0 Å². The minimum Gasteiger partial charge on any atom is -0.481 e. The predicted octanol–water partition coefficient (Wildman–Crippen LogP) is 1.76. The molecule has 0 spiro atoms. The van der Waals surface area contributed by atoms with Crippen LogP contribution in [0, 0.1) is 6.92 Å². The van der Waals surface area contributed by atoms with Crippen LogP contribution in [0.1, 0.15) is 34.5 Å². The van der Waals surface area contributed by atoms with E-state index in [1.165, 1.54) is 13.4 Å². The molecule has 1 aromatic heterocycles. The van der Waals surface area contributed by atoms with Crippen LogP contribution in [0.5, 0.6) is 0 Å². The summed E-state index contributed by atoms with van der Waals surface area (Å²) in [6.07, 6.45) is -0.203. The van der Waals surface area contributed by atoms with Crippen molar-refractivity contribution in [1.29, 1.82) is 0 Å². The summed E-state index contributed by atoms with van der Waals surface area (Å²) in [7, 11) is 1.36. The molecule has 0 saturated heterocycles. The number of halogens is 2. The maximum Gasteiger partial charge on any atom is 0.311 e. The number of carboxylic acids is 1. The van der Waals surface area contributed by atoms with Gasteiger partial charge in [-0.1, -0.05) is 0 Å². The number of rotatable bonds is 6. The molecule has 1 fully saturated rings. The largest absolute Gasteiger partial charge is 0.481 e. The van der Waals surface area contributed by atoms with E-state index in [2.05, 4.69) is 5.32 Å².